The number of nitrogens with one attached hydrogen (secondary N) is 1. The number of aromatic carboxylic acids is 1. The number of carbonyl (C=O) groups is 2. The zero-order chi connectivity index (χ0) is 20.6. The van der Waals surface area contributed by atoms with Crippen molar-refractivity contribution in [1.29, 1.82) is 0 Å². The third-order valence-corrected chi connectivity index (χ3v) is 3.48. The lowest BCUT2D eigenvalue weighted by Crippen LogP contribution is -2.27. The summed E-state index contributed by atoms with van der Waals surface area (Å²) in [5.41, 5.74) is -4.23. The van der Waals surface area contributed by atoms with Crippen LogP contribution in [0.2, 0.25) is 0 Å². The Labute approximate surface area is 151 Å². The summed E-state index contributed by atoms with van der Waals surface area (Å²) in [5.74, 6) is -2.02. The fourth-order valence-corrected chi connectivity index (χ4v) is 2.03. The summed E-state index contributed by atoms with van der Waals surface area (Å²) < 4.78 is 81.9. The Morgan fingerprint density at radius 3 is 1.93 bits per heavy atom. The fraction of sp³-hybridized carbons (Fsp3) is 0.143. The molecule has 1 aromatic heterocycles. The molecule has 2 aromatic rings. The number of carboxylic acids is 1. The first-order valence-electron chi connectivity index (χ1n) is 6.70. The van der Waals surface area contributed by atoms with Gasteiger partial charge in [0.05, 0.1) is 16.8 Å². The number of furan rings is 1. The number of nitrogens with zero attached hydrogens (tertiary/aromatic N) is 1. The van der Waals surface area contributed by atoms with Gasteiger partial charge in [-0.2, -0.15) is 26.3 Å². The number of carbonyl (C=O) groups excluding carboxylic acids is 1. The second kappa shape index (κ2) is 7.06. The molecule has 2 N–H and O–H groups in total. The predicted molar refractivity (Wildman–Crippen MR) is 82.6 cm³/mol. The molecule has 1 heterocycles. The first-order chi connectivity index (χ1) is 12.3. The van der Waals surface area contributed by atoms with E-state index < -0.39 is 46.9 Å². The SMILES string of the molecule is O=C(O)c1cc(N(S)C(=O)Nc2cc(C(F)(F)F)cc(C(F)(F)F)c2)co1. The summed E-state index contributed by atoms with van der Waals surface area (Å²) in [6, 6.07) is 0.161. The van der Waals surface area contributed by atoms with E-state index >= 15 is 0 Å². The molecule has 0 aliphatic rings. The maximum Gasteiger partial charge on any atom is 0.416 e. The van der Waals surface area contributed by atoms with Gasteiger partial charge in [-0.25, -0.2) is 13.9 Å². The zero-order valence-corrected chi connectivity index (χ0v) is 13.6. The molecule has 6 nitrogen and oxygen atoms in total. The highest BCUT2D eigenvalue weighted by atomic mass is 32.1. The summed E-state index contributed by atoms with van der Waals surface area (Å²) >= 11 is 3.72. The fourth-order valence-electron chi connectivity index (χ4n) is 1.87. The molecule has 0 radical (unpaired) electrons. The van der Waals surface area contributed by atoms with E-state index in [4.69, 9.17) is 5.11 Å². The van der Waals surface area contributed by atoms with Gasteiger partial charge in [0.15, 0.2) is 0 Å². The summed E-state index contributed by atoms with van der Waals surface area (Å²) in [6.07, 6.45) is -9.35. The Morgan fingerprint density at radius 2 is 1.52 bits per heavy atom. The molecule has 1 aromatic carbocycles. The van der Waals surface area contributed by atoms with Crippen molar-refractivity contribution in [1.82, 2.24) is 0 Å². The number of hydrogen-bond donors (Lipinski definition) is 3. The molecule has 0 aliphatic heterocycles. The highest BCUT2D eigenvalue weighted by Crippen LogP contribution is 2.37. The number of anilines is 2. The van der Waals surface area contributed by atoms with Crippen LogP contribution < -0.4 is 9.62 Å². The number of carboxylic acid groups (broad SMARTS) is 1. The molecule has 0 saturated heterocycles. The topological polar surface area (TPSA) is 82.8 Å². The number of benzene rings is 1. The molecule has 146 valence electrons. The van der Waals surface area contributed by atoms with Gasteiger partial charge in [-0.3, -0.25) is 0 Å². The number of urea groups is 1. The van der Waals surface area contributed by atoms with Crippen molar-refractivity contribution in [3.8, 4) is 0 Å². The van der Waals surface area contributed by atoms with Crippen molar-refractivity contribution in [3.63, 3.8) is 0 Å². The lowest BCUT2D eigenvalue weighted by Gasteiger charge is -2.17. The third-order valence-electron chi connectivity index (χ3n) is 3.07. The van der Waals surface area contributed by atoms with Gasteiger partial charge in [0, 0.05) is 11.8 Å². The van der Waals surface area contributed by atoms with Gasteiger partial charge in [0.25, 0.3) is 0 Å². The first kappa shape index (κ1) is 20.5. The molecule has 27 heavy (non-hydrogen) atoms. The highest BCUT2D eigenvalue weighted by molar-refractivity contribution is 7.82. The molecule has 13 heteroatoms. The number of thiol groups is 1. The van der Waals surface area contributed by atoms with Gasteiger partial charge >= 0.3 is 24.4 Å². The van der Waals surface area contributed by atoms with Crippen LogP contribution in [0.3, 0.4) is 0 Å². The van der Waals surface area contributed by atoms with Crippen LogP contribution in [0, 0.1) is 0 Å². The van der Waals surface area contributed by atoms with Crippen molar-refractivity contribution < 1.29 is 45.5 Å². The quantitative estimate of drug-likeness (QED) is 0.493. The normalized spacial score (nSPS) is 12.0. The maximum atomic E-state index is 12.8. The van der Waals surface area contributed by atoms with Gasteiger partial charge in [-0.05, 0) is 18.2 Å². The minimum Gasteiger partial charge on any atom is -0.475 e. The molecule has 0 spiro atoms. The van der Waals surface area contributed by atoms with E-state index in [0.717, 1.165) is 12.3 Å². The highest BCUT2D eigenvalue weighted by Gasteiger charge is 2.37. The van der Waals surface area contributed by atoms with Gasteiger partial charge in [-0.1, -0.05) is 12.8 Å². The van der Waals surface area contributed by atoms with Crippen LogP contribution in [0.4, 0.5) is 42.5 Å². The van der Waals surface area contributed by atoms with E-state index in [1.807, 2.05) is 5.32 Å². The molecule has 0 unspecified atom stereocenters. The molecule has 0 aliphatic carbocycles. The van der Waals surface area contributed by atoms with E-state index in [0.29, 0.717) is 16.4 Å². The van der Waals surface area contributed by atoms with Crippen molar-refractivity contribution in [2.45, 2.75) is 12.4 Å². The Morgan fingerprint density at radius 1 is 1.00 bits per heavy atom. The van der Waals surface area contributed by atoms with E-state index in [-0.39, 0.29) is 11.8 Å². The Bertz CT molecular complexity index is 845. The number of hydrogen-bond acceptors (Lipinski definition) is 4. The van der Waals surface area contributed by atoms with Gasteiger partial charge in [-0.15, -0.1) is 0 Å². The summed E-state index contributed by atoms with van der Waals surface area (Å²) in [7, 11) is 0. The lowest BCUT2D eigenvalue weighted by molar-refractivity contribution is -0.143. The van der Waals surface area contributed by atoms with Gasteiger partial charge in [0.1, 0.15) is 6.26 Å². The van der Waals surface area contributed by atoms with Crippen LogP contribution in [-0.2, 0) is 12.4 Å². The third kappa shape index (κ3) is 4.87. The second-order valence-corrected chi connectivity index (χ2v) is 5.41. The minimum atomic E-state index is -5.08. The van der Waals surface area contributed by atoms with Crippen LogP contribution in [0.5, 0.6) is 0 Å². The number of amides is 2. The predicted octanol–water partition coefficient (Wildman–Crippen LogP) is 4.90. The standard InChI is InChI=1S/C14H8F6N2O4S/c15-13(16,17)6-1-7(14(18,19)20)3-8(2-6)21-12(25)22(27)9-4-10(11(23)24)26-5-9/h1-5,27H,(H,21,25)(H,23,24). The van der Waals surface area contributed by atoms with Gasteiger partial charge < -0.3 is 14.8 Å². The molecule has 2 rings (SSSR count). The molecule has 0 atom stereocenters. The monoisotopic (exact) mass is 414 g/mol. The molecule has 0 saturated carbocycles. The smallest absolute Gasteiger partial charge is 0.416 e. The molecule has 0 fully saturated rings. The van der Waals surface area contributed by atoms with Crippen molar-refractivity contribution >= 4 is 36.2 Å². The van der Waals surface area contributed by atoms with E-state index in [1.54, 1.807) is 0 Å². The molecule has 2 amide bonds. The van der Waals surface area contributed by atoms with E-state index in [1.165, 1.54) is 0 Å². The molecular formula is C14H8F6N2O4S. The molecule has 0 bridgehead atoms. The average Bonchev–Trinajstić information content (AvgIpc) is 3.02. The maximum absolute atomic E-state index is 12.8. The Balaban J connectivity index is 2.31. The van der Waals surface area contributed by atoms with Crippen LogP contribution in [-0.4, -0.2) is 17.1 Å². The molecular weight excluding hydrogens is 406 g/mol. The van der Waals surface area contributed by atoms with Crippen LogP contribution in [0.25, 0.3) is 0 Å². The van der Waals surface area contributed by atoms with Crippen LogP contribution in [0.15, 0.2) is 34.9 Å². The summed E-state index contributed by atoms with van der Waals surface area (Å²) in [5, 5.41) is 10.5. The minimum absolute atomic E-state index is 0.0939. The first-order valence-corrected chi connectivity index (χ1v) is 7.10. The van der Waals surface area contributed by atoms with Gasteiger partial charge in [0.2, 0.25) is 5.76 Å². The zero-order valence-electron chi connectivity index (χ0n) is 12.7. The summed E-state index contributed by atoms with van der Waals surface area (Å²) in [4.78, 5) is 22.7. The van der Waals surface area contributed by atoms with Crippen molar-refractivity contribution in [2.24, 2.45) is 0 Å². The van der Waals surface area contributed by atoms with Crippen LogP contribution in [0.1, 0.15) is 21.7 Å². The van der Waals surface area contributed by atoms with Crippen molar-refractivity contribution in [2.75, 3.05) is 9.62 Å². The van der Waals surface area contributed by atoms with E-state index in [2.05, 4.69) is 17.2 Å². The summed E-state index contributed by atoms with van der Waals surface area (Å²) in [6.45, 7) is 0. The van der Waals surface area contributed by atoms with E-state index in [9.17, 15) is 35.9 Å². The Kier molecular flexibility index (Phi) is 5.35. The number of halogens is 6. The number of alkyl halides is 6. The number of rotatable bonds is 3. The average molecular weight is 414 g/mol. The van der Waals surface area contributed by atoms with Crippen LogP contribution >= 0.6 is 12.8 Å². The Hall–Kier alpha value is -2.83. The lowest BCUT2D eigenvalue weighted by atomic mass is 10.1. The largest absolute Gasteiger partial charge is 0.475 e. The second-order valence-electron chi connectivity index (χ2n) is 5.01. The van der Waals surface area contributed by atoms with Crippen molar-refractivity contribution in [3.05, 3.63) is 47.4 Å².